The van der Waals surface area contributed by atoms with E-state index < -0.39 is 5.97 Å². The summed E-state index contributed by atoms with van der Waals surface area (Å²) in [5, 5.41) is 9.17. The van der Waals surface area contributed by atoms with Crippen LogP contribution in [0, 0.1) is 0 Å². The van der Waals surface area contributed by atoms with Crippen LogP contribution in [-0.2, 0) is 24.1 Å². The van der Waals surface area contributed by atoms with Crippen LogP contribution < -0.4 is 0 Å². The summed E-state index contributed by atoms with van der Waals surface area (Å²) in [6.45, 7) is 3.97. The van der Waals surface area contributed by atoms with Crippen LogP contribution in [0.15, 0.2) is 30.4 Å². The van der Waals surface area contributed by atoms with Gasteiger partial charge in [-0.2, -0.15) is 0 Å². The first kappa shape index (κ1) is 13.6. The molecule has 1 N–H and O–H groups in total. The molecule has 0 amide bonds. The average Bonchev–Trinajstić information content (AvgIpc) is 2.85. The average molecular weight is 256 g/mol. The number of aryl methyl sites for hydroxylation is 1. The van der Waals surface area contributed by atoms with Crippen molar-refractivity contribution >= 4 is 11.5 Å². The molecule has 2 heteroatoms. The SMILES string of the molecule is C/C=C\C(=C/C)c1ccc2c(c1CC(=O)O)CCC2. The van der Waals surface area contributed by atoms with Crippen LogP contribution in [0.2, 0.25) is 0 Å². The van der Waals surface area contributed by atoms with Crippen LogP contribution in [0.25, 0.3) is 5.57 Å². The lowest BCUT2D eigenvalue weighted by molar-refractivity contribution is -0.136. The smallest absolute Gasteiger partial charge is 0.307 e. The summed E-state index contributed by atoms with van der Waals surface area (Å²) in [6, 6.07) is 4.24. The number of carbonyl (C=O) groups is 1. The molecule has 0 unspecified atom stereocenters. The summed E-state index contributed by atoms with van der Waals surface area (Å²) in [7, 11) is 0. The van der Waals surface area contributed by atoms with Crippen LogP contribution in [0.5, 0.6) is 0 Å². The predicted molar refractivity (Wildman–Crippen MR) is 78.3 cm³/mol. The molecular formula is C17H20O2. The minimum Gasteiger partial charge on any atom is -0.481 e. The summed E-state index contributed by atoms with van der Waals surface area (Å²) < 4.78 is 0. The normalized spacial score (nSPS) is 14.9. The van der Waals surface area contributed by atoms with E-state index in [1.54, 1.807) is 0 Å². The fraction of sp³-hybridized carbons (Fsp3) is 0.353. The summed E-state index contributed by atoms with van der Waals surface area (Å²) in [5.41, 5.74) is 5.78. The van der Waals surface area contributed by atoms with Gasteiger partial charge >= 0.3 is 5.97 Å². The Bertz CT molecular complexity index is 551. The lowest BCUT2D eigenvalue weighted by atomic mass is 9.90. The van der Waals surface area contributed by atoms with Gasteiger partial charge in [-0.1, -0.05) is 30.4 Å². The van der Waals surface area contributed by atoms with Crippen LogP contribution in [0.1, 0.15) is 42.5 Å². The maximum absolute atomic E-state index is 11.2. The van der Waals surface area contributed by atoms with Crippen molar-refractivity contribution in [3.05, 3.63) is 52.6 Å². The molecule has 0 fully saturated rings. The molecular weight excluding hydrogens is 236 g/mol. The van der Waals surface area contributed by atoms with Gasteiger partial charge in [-0.15, -0.1) is 0 Å². The van der Waals surface area contributed by atoms with Crippen molar-refractivity contribution in [3.8, 4) is 0 Å². The number of carboxylic acids is 1. The summed E-state index contributed by atoms with van der Waals surface area (Å²) >= 11 is 0. The molecule has 0 heterocycles. The maximum Gasteiger partial charge on any atom is 0.307 e. The van der Waals surface area contributed by atoms with Crippen LogP contribution >= 0.6 is 0 Å². The van der Waals surface area contributed by atoms with E-state index >= 15 is 0 Å². The first-order valence-corrected chi connectivity index (χ1v) is 6.82. The minimum atomic E-state index is -0.752. The van der Waals surface area contributed by atoms with Gasteiger partial charge in [0.05, 0.1) is 6.42 Å². The Labute approximate surface area is 114 Å². The van der Waals surface area contributed by atoms with Crippen molar-refractivity contribution in [1.82, 2.24) is 0 Å². The Morgan fingerprint density at radius 3 is 2.74 bits per heavy atom. The highest BCUT2D eigenvalue weighted by Gasteiger charge is 2.20. The summed E-state index contributed by atoms with van der Waals surface area (Å²) in [6.07, 6.45) is 9.43. The zero-order valence-electron chi connectivity index (χ0n) is 11.6. The summed E-state index contributed by atoms with van der Waals surface area (Å²) in [4.78, 5) is 11.2. The van der Waals surface area contributed by atoms with Crippen molar-refractivity contribution in [2.45, 2.75) is 39.5 Å². The Balaban J connectivity index is 2.57. The molecule has 0 radical (unpaired) electrons. The van der Waals surface area contributed by atoms with Crippen LogP contribution in [-0.4, -0.2) is 11.1 Å². The van der Waals surface area contributed by atoms with Gasteiger partial charge in [-0.25, -0.2) is 0 Å². The van der Waals surface area contributed by atoms with E-state index in [1.807, 2.05) is 32.1 Å². The Kier molecular flexibility index (Phi) is 4.20. The largest absolute Gasteiger partial charge is 0.481 e. The molecule has 0 spiro atoms. The second-order valence-corrected chi connectivity index (χ2v) is 4.90. The zero-order chi connectivity index (χ0) is 13.8. The molecule has 1 aliphatic rings. The fourth-order valence-electron chi connectivity index (χ4n) is 2.89. The second kappa shape index (κ2) is 5.87. The van der Waals surface area contributed by atoms with Crippen molar-refractivity contribution in [3.63, 3.8) is 0 Å². The van der Waals surface area contributed by atoms with E-state index in [0.29, 0.717) is 0 Å². The maximum atomic E-state index is 11.2. The molecule has 1 aliphatic carbocycles. The van der Waals surface area contributed by atoms with Gasteiger partial charge in [-0.3, -0.25) is 4.79 Å². The highest BCUT2D eigenvalue weighted by molar-refractivity contribution is 5.81. The standard InChI is InChI=1S/C17H20O2/c1-3-6-12(4-2)15-10-9-13-7-5-8-14(13)16(15)11-17(18)19/h3-4,6,9-10H,5,7-8,11H2,1-2H3,(H,18,19)/b6-3-,12-4+. The highest BCUT2D eigenvalue weighted by atomic mass is 16.4. The van der Waals surface area contributed by atoms with Gasteiger partial charge in [0, 0.05) is 0 Å². The predicted octanol–water partition coefficient (Wildman–Crippen LogP) is 3.78. The molecule has 0 atom stereocenters. The third kappa shape index (κ3) is 2.78. The van der Waals surface area contributed by atoms with Crippen molar-refractivity contribution in [2.75, 3.05) is 0 Å². The Hall–Kier alpha value is -1.83. The lowest BCUT2D eigenvalue weighted by Gasteiger charge is -2.14. The van der Waals surface area contributed by atoms with Gasteiger partial charge in [0.15, 0.2) is 0 Å². The zero-order valence-corrected chi connectivity index (χ0v) is 11.6. The molecule has 100 valence electrons. The number of carboxylic acid groups (broad SMARTS) is 1. The molecule has 0 aliphatic heterocycles. The van der Waals surface area contributed by atoms with E-state index in [1.165, 1.54) is 11.1 Å². The molecule has 0 bridgehead atoms. The molecule has 2 rings (SSSR count). The van der Waals surface area contributed by atoms with Crippen molar-refractivity contribution in [2.24, 2.45) is 0 Å². The second-order valence-electron chi connectivity index (χ2n) is 4.90. The van der Waals surface area contributed by atoms with Crippen molar-refractivity contribution < 1.29 is 9.90 Å². The molecule has 1 aromatic rings. The van der Waals surface area contributed by atoms with E-state index in [-0.39, 0.29) is 6.42 Å². The highest BCUT2D eigenvalue weighted by Crippen LogP contribution is 2.32. The Morgan fingerprint density at radius 2 is 2.11 bits per heavy atom. The number of rotatable bonds is 4. The number of hydrogen-bond acceptors (Lipinski definition) is 1. The number of hydrogen-bond donors (Lipinski definition) is 1. The third-order valence-electron chi connectivity index (χ3n) is 3.70. The molecule has 19 heavy (non-hydrogen) atoms. The summed E-state index contributed by atoms with van der Waals surface area (Å²) in [5.74, 6) is -0.752. The fourth-order valence-corrected chi connectivity index (χ4v) is 2.89. The first-order chi connectivity index (χ1) is 9.17. The van der Waals surface area contributed by atoms with Crippen molar-refractivity contribution in [1.29, 1.82) is 0 Å². The van der Waals surface area contributed by atoms with Gasteiger partial charge < -0.3 is 5.11 Å². The van der Waals surface area contributed by atoms with E-state index in [0.717, 1.165) is 36.0 Å². The third-order valence-corrected chi connectivity index (χ3v) is 3.70. The van der Waals surface area contributed by atoms with Crippen LogP contribution in [0.4, 0.5) is 0 Å². The number of fused-ring (bicyclic) bond motifs is 1. The first-order valence-electron chi connectivity index (χ1n) is 6.82. The lowest BCUT2D eigenvalue weighted by Crippen LogP contribution is -2.07. The molecule has 0 saturated carbocycles. The Morgan fingerprint density at radius 1 is 1.32 bits per heavy atom. The number of allylic oxidation sites excluding steroid dienone is 4. The topological polar surface area (TPSA) is 37.3 Å². The van der Waals surface area contributed by atoms with Gasteiger partial charge in [0.2, 0.25) is 0 Å². The molecule has 1 aromatic carbocycles. The minimum absolute atomic E-state index is 0.118. The molecule has 0 saturated heterocycles. The molecule has 0 aromatic heterocycles. The van der Waals surface area contributed by atoms with Gasteiger partial charge in [0.25, 0.3) is 0 Å². The quantitative estimate of drug-likeness (QED) is 0.832. The number of aliphatic carboxylic acids is 1. The number of benzene rings is 1. The monoisotopic (exact) mass is 256 g/mol. The van der Waals surface area contributed by atoms with E-state index in [4.69, 9.17) is 5.11 Å². The van der Waals surface area contributed by atoms with Gasteiger partial charge in [-0.05, 0) is 60.9 Å². The van der Waals surface area contributed by atoms with E-state index in [2.05, 4.69) is 12.1 Å². The van der Waals surface area contributed by atoms with E-state index in [9.17, 15) is 4.79 Å². The van der Waals surface area contributed by atoms with Crippen LogP contribution in [0.3, 0.4) is 0 Å². The van der Waals surface area contributed by atoms with Gasteiger partial charge in [0.1, 0.15) is 0 Å². The molecule has 2 nitrogen and oxygen atoms in total.